The summed E-state index contributed by atoms with van der Waals surface area (Å²) in [6.45, 7) is 1.64. The minimum absolute atomic E-state index is 0.0175. The fourth-order valence-corrected chi connectivity index (χ4v) is 2.41. The normalized spacial score (nSPS) is 23.1. The fraction of sp³-hybridized carbons (Fsp3) is 0.500. The molecule has 1 aromatic rings. The van der Waals surface area contributed by atoms with E-state index in [1.165, 1.54) is 0 Å². The third-order valence-electron chi connectivity index (χ3n) is 3.22. The van der Waals surface area contributed by atoms with E-state index in [0.717, 1.165) is 25.9 Å². The SMILES string of the molecule is O=C([C@H]1CC(c2ccc(Cl)o2)=NO1)N1CCCC1. The van der Waals surface area contributed by atoms with Crippen LogP contribution < -0.4 is 0 Å². The lowest BCUT2D eigenvalue weighted by Crippen LogP contribution is -2.37. The van der Waals surface area contributed by atoms with Gasteiger partial charge >= 0.3 is 0 Å². The Bertz CT molecular complexity index is 491. The molecule has 0 spiro atoms. The number of hydrogen-bond donors (Lipinski definition) is 0. The van der Waals surface area contributed by atoms with Gasteiger partial charge in [0.1, 0.15) is 5.71 Å². The van der Waals surface area contributed by atoms with Crippen LogP contribution in [0.25, 0.3) is 0 Å². The van der Waals surface area contributed by atoms with Gasteiger partial charge in [-0.2, -0.15) is 0 Å². The van der Waals surface area contributed by atoms with Crippen LogP contribution in [0.4, 0.5) is 0 Å². The molecule has 1 amide bonds. The molecule has 6 heteroatoms. The van der Waals surface area contributed by atoms with Crippen molar-refractivity contribution in [1.29, 1.82) is 0 Å². The molecule has 96 valence electrons. The molecule has 0 aromatic carbocycles. The highest BCUT2D eigenvalue weighted by Gasteiger charge is 2.34. The Morgan fingerprint density at radius 2 is 2.17 bits per heavy atom. The average Bonchev–Trinajstić information content (AvgIpc) is 3.09. The zero-order valence-electron chi connectivity index (χ0n) is 9.76. The molecule has 0 aliphatic carbocycles. The lowest BCUT2D eigenvalue weighted by atomic mass is 10.1. The molecular weight excluding hydrogens is 256 g/mol. The molecule has 0 unspecified atom stereocenters. The first-order chi connectivity index (χ1) is 8.74. The van der Waals surface area contributed by atoms with Gasteiger partial charge in [0.05, 0.1) is 0 Å². The second-order valence-corrected chi connectivity index (χ2v) is 4.84. The second-order valence-electron chi connectivity index (χ2n) is 4.47. The molecule has 1 fully saturated rings. The van der Waals surface area contributed by atoms with Gasteiger partial charge in [-0.1, -0.05) is 5.16 Å². The Morgan fingerprint density at radius 1 is 1.39 bits per heavy atom. The molecule has 2 aliphatic heterocycles. The zero-order valence-corrected chi connectivity index (χ0v) is 10.5. The van der Waals surface area contributed by atoms with Crippen molar-refractivity contribution in [1.82, 2.24) is 4.90 Å². The number of rotatable bonds is 2. The molecule has 2 aliphatic rings. The van der Waals surface area contributed by atoms with Crippen LogP contribution in [0.15, 0.2) is 21.7 Å². The van der Waals surface area contributed by atoms with E-state index in [2.05, 4.69) is 5.16 Å². The molecule has 3 heterocycles. The summed E-state index contributed by atoms with van der Waals surface area (Å²) in [6.07, 6.45) is 2.07. The van der Waals surface area contributed by atoms with E-state index < -0.39 is 6.10 Å². The maximum Gasteiger partial charge on any atom is 0.266 e. The van der Waals surface area contributed by atoms with E-state index in [-0.39, 0.29) is 5.91 Å². The van der Waals surface area contributed by atoms with Crippen molar-refractivity contribution >= 4 is 23.2 Å². The first-order valence-electron chi connectivity index (χ1n) is 6.01. The van der Waals surface area contributed by atoms with Crippen LogP contribution in [-0.2, 0) is 9.63 Å². The number of amides is 1. The highest BCUT2D eigenvalue weighted by Crippen LogP contribution is 2.22. The van der Waals surface area contributed by atoms with E-state index in [0.29, 0.717) is 23.1 Å². The summed E-state index contributed by atoms with van der Waals surface area (Å²) in [5.41, 5.74) is 0.638. The highest BCUT2D eigenvalue weighted by atomic mass is 35.5. The van der Waals surface area contributed by atoms with Gasteiger partial charge in [-0.3, -0.25) is 4.79 Å². The standard InChI is InChI=1S/C12H13ClN2O3/c13-11-4-3-9(17-11)8-7-10(18-14-8)12(16)15-5-1-2-6-15/h3-4,10H,1-2,5-7H2/t10-/m1/s1. The predicted molar refractivity (Wildman–Crippen MR) is 65.6 cm³/mol. The van der Waals surface area contributed by atoms with Gasteiger partial charge in [0.15, 0.2) is 11.0 Å². The molecule has 0 saturated carbocycles. The number of halogens is 1. The van der Waals surface area contributed by atoms with Gasteiger partial charge in [0.2, 0.25) is 6.10 Å². The van der Waals surface area contributed by atoms with Crippen molar-refractivity contribution in [2.24, 2.45) is 5.16 Å². The van der Waals surface area contributed by atoms with Crippen LogP contribution in [0, 0.1) is 0 Å². The van der Waals surface area contributed by atoms with Crippen LogP contribution in [0.1, 0.15) is 25.0 Å². The van der Waals surface area contributed by atoms with Gasteiger partial charge in [-0.25, -0.2) is 0 Å². The van der Waals surface area contributed by atoms with Gasteiger partial charge < -0.3 is 14.2 Å². The Labute approximate surface area is 109 Å². The average molecular weight is 269 g/mol. The van der Waals surface area contributed by atoms with Gasteiger partial charge in [-0.15, -0.1) is 0 Å². The molecule has 1 atom stereocenters. The van der Waals surface area contributed by atoms with Crippen LogP contribution in [0.2, 0.25) is 5.22 Å². The Hall–Kier alpha value is -1.49. The number of furan rings is 1. The molecule has 1 saturated heterocycles. The van der Waals surface area contributed by atoms with Crippen molar-refractivity contribution in [3.63, 3.8) is 0 Å². The lowest BCUT2D eigenvalue weighted by molar-refractivity contribution is -0.140. The van der Waals surface area contributed by atoms with E-state index in [4.69, 9.17) is 20.9 Å². The topological polar surface area (TPSA) is 55.0 Å². The Morgan fingerprint density at radius 3 is 2.83 bits per heavy atom. The highest BCUT2D eigenvalue weighted by molar-refractivity contribution is 6.29. The molecule has 3 rings (SSSR count). The first kappa shape index (κ1) is 11.6. The summed E-state index contributed by atoms with van der Waals surface area (Å²) >= 11 is 5.70. The molecular formula is C12H13ClN2O3. The fourth-order valence-electron chi connectivity index (χ4n) is 2.27. The van der Waals surface area contributed by atoms with E-state index in [1.54, 1.807) is 12.1 Å². The number of oxime groups is 1. The van der Waals surface area contributed by atoms with Crippen molar-refractivity contribution in [3.05, 3.63) is 23.1 Å². The van der Waals surface area contributed by atoms with E-state index in [9.17, 15) is 4.79 Å². The number of nitrogens with zero attached hydrogens (tertiary/aromatic N) is 2. The molecule has 1 aromatic heterocycles. The molecule has 5 nitrogen and oxygen atoms in total. The summed E-state index contributed by atoms with van der Waals surface area (Å²) in [6, 6.07) is 3.38. The van der Waals surface area contributed by atoms with Crippen LogP contribution >= 0.6 is 11.6 Å². The van der Waals surface area contributed by atoms with Crippen LogP contribution in [0.3, 0.4) is 0 Å². The Balaban J connectivity index is 1.65. The maximum absolute atomic E-state index is 12.1. The lowest BCUT2D eigenvalue weighted by Gasteiger charge is -2.17. The number of likely N-dealkylation sites (tertiary alicyclic amines) is 1. The maximum atomic E-state index is 12.1. The van der Waals surface area contributed by atoms with Gasteiger partial charge in [0, 0.05) is 19.5 Å². The molecule has 18 heavy (non-hydrogen) atoms. The third-order valence-corrected chi connectivity index (χ3v) is 3.42. The van der Waals surface area contributed by atoms with Crippen LogP contribution in [0.5, 0.6) is 0 Å². The zero-order chi connectivity index (χ0) is 12.5. The van der Waals surface area contributed by atoms with Crippen molar-refractivity contribution in [2.45, 2.75) is 25.4 Å². The van der Waals surface area contributed by atoms with Gasteiger partial charge in [0.25, 0.3) is 5.91 Å². The summed E-state index contributed by atoms with van der Waals surface area (Å²) in [4.78, 5) is 19.1. The summed E-state index contributed by atoms with van der Waals surface area (Å²) in [5.74, 6) is 0.584. The summed E-state index contributed by atoms with van der Waals surface area (Å²) in [7, 11) is 0. The predicted octanol–water partition coefficient (Wildman–Crippen LogP) is 2.05. The number of hydrogen-bond acceptors (Lipinski definition) is 4. The van der Waals surface area contributed by atoms with Gasteiger partial charge in [-0.05, 0) is 36.6 Å². The van der Waals surface area contributed by atoms with E-state index >= 15 is 0 Å². The monoisotopic (exact) mass is 268 g/mol. The van der Waals surface area contributed by atoms with Crippen molar-refractivity contribution < 1.29 is 14.0 Å². The smallest absolute Gasteiger partial charge is 0.266 e. The Kier molecular flexibility index (Phi) is 2.99. The number of carbonyl (C=O) groups excluding carboxylic acids is 1. The molecule has 0 radical (unpaired) electrons. The van der Waals surface area contributed by atoms with E-state index in [1.807, 2.05) is 4.90 Å². The van der Waals surface area contributed by atoms with Crippen molar-refractivity contribution in [3.8, 4) is 0 Å². The first-order valence-corrected chi connectivity index (χ1v) is 6.39. The molecule has 0 bridgehead atoms. The van der Waals surface area contributed by atoms with Crippen molar-refractivity contribution in [2.75, 3.05) is 13.1 Å². The minimum Gasteiger partial charge on any atom is -0.443 e. The third kappa shape index (κ3) is 2.10. The number of carbonyl (C=O) groups is 1. The summed E-state index contributed by atoms with van der Waals surface area (Å²) < 4.78 is 5.25. The minimum atomic E-state index is -0.512. The summed E-state index contributed by atoms with van der Waals surface area (Å²) in [5, 5.41) is 4.22. The quantitative estimate of drug-likeness (QED) is 0.825. The van der Waals surface area contributed by atoms with Crippen LogP contribution in [-0.4, -0.2) is 35.7 Å². The second kappa shape index (κ2) is 4.65. The molecule has 0 N–H and O–H groups in total. The largest absolute Gasteiger partial charge is 0.443 e.